The highest BCUT2D eigenvalue weighted by molar-refractivity contribution is 5.91. The van der Waals surface area contributed by atoms with Crippen molar-refractivity contribution in [2.75, 3.05) is 5.32 Å². The van der Waals surface area contributed by atoms with E-state index in [1.54, 1.807) is 11.0 Å². The number of benzene rings is 1. The maximum Gasteiger partial charge on any atom is 0.224 e. The minimum absolute atomic E-state index is 0.0129. The van der Waals surface area contributed by atoms with E-state index in [0.717, 1.165) is 17.7 Å². The molecule has 1 aromatic heterocycles. The molecule has 1 heterocycles. The van der Waals surface area contributed by atoms with Gasteiger partial charge in [-0.1, -0.05) is 18.2 Å². The summed E-state index contributed by atoms with van der Waals surface area (Å²) in [5.74, 6) is -0.0129. The van der Waals surface area contributed by atoms with Gasteiger partial charge in [-0.15, -0.1) is 0 Å². The monoisotopic (exact) mass is 259 g/mol. The summed E-state index contributed by atoms with van der Waals surface area (Å²) in [5.41, 5.74) is 7.35. The van der Waals surface area contributed by atoms with E-state index in [0.29, 0.717) is 19.5 Å². The number of rotatable bonds is 6. The zero-order valence-electron chi connectivity index (χ0n) is 10.6. The molecule has 0 radical (unpaired) electrons. The van der Waals surface area contributed by atoms with Crippen molar-refractivity contribution in [2.24, 2.45) is 5.73 Å². The molecule has 0 saturated heterocycles. The number of nitrogens with two attached hydrogens (primary N) is 1. The summed E-state index contributed by atoms with van der Waals surface area (Å²) in [6.07, 6.45) is 4.29. The first-order valence-electron chi connectivity index (χ1n) is 6.20. The molecule has 0 atom stereocenters. The Morgan fingerprint density at radius 2 is 2.21 bits per heavy atom. The molecule has 19 heavy (non-hydrogen) atoms. The van der Waals surface area contributed by atoms with Crippen LogP contribution in [0.15, 0.2) is 36.9 Å². The van der Waals surface area contributed by atoms with Crippen LogP contribution in [0.3, 0.4) is 0 Å². The smallest absolute Gasteiger partial charge is 0.224 e. The predicted molar refractivity (Wildman–Crippen MR) is 72.2 cm³/mol. The van der Waals surface area contributed by atoms with Gasteiger partial charge in [0, 0.05) is 25.2 Å². The zero-order valence-corrected chi connectivity index (χ0v) is 10.6. The Morgan fingerprint density at radius 3 is 2.95 bits per heavy atom. The Balaban J connectivity index is 1.80. The highest BCUT2D eigenvalue weighted by Gasteiger charge is 2.05. The van der Waals surface area contributed by atoms with E-state index in [9.17, 15) is 4.79 Å². The summed E-state index contributed by atoms with van der Waals surface area (Å²) in [5, 5.41) is 6.86. The van der Waals surface area contributed by atoms with E-state index < -0.39 is 0 Å². The molecule has 0 aliphatic heterocycles. The summed E-state index contributed by atoms with van der Waals surface area (Å²) < 4.78 is 1.71. The summed E-state index contributed by atoms with van der Waals surface area (Å²) >= 11 is 0. The standard InChI is InChI=1S/C13H17N5O/c14-8-11-4-1-2-5-12(11)17-13(19)6-3-7-18-10-15-9-16-18/h1-2,4-5,9-10H,3,6-8,14H2,(H,17,19). The summed E-state index contributed by atoms with van der Waals surface area (Å²) in [6, 6.07) is 7.55. The zero-order chi connectivity index (χ0) is 13.5. The Kier molecular flexibility index (Phi) is 4.63. The fourth-order valence-corrected chi connectivity index (χ4v) is 1.78. The molecule has 0 aliphatic carbocycles. The van der Waals surface area contributed by atoms with Crippen LogP contribution < -0.4 is 11.1 Å². The molecule has 3 N–H and O–H groups in total. The molecule has 0 spiro atoms. The van der Waals surface area contributed by atoms with E-state index in [1.807, 2.05) is 24.3 Å². The molecule has 2 aromatic rings. The number of anilines is 1. The second-order valence-electron chi connectivity index (χ2n) is 4.17. The number of amides is 1. The number of carbonyl (C=O) groups is 1. The van der Waals surface area contributed by atoms with Gasteiger partial charge in [0.2, 0.25) is 5.91 Å². The molecule has 0 fully saturated rings. The highest BCUT2D eigenvalue weighted by atomic mass is 16.1. The number of nitrogens with zero attached hydrogens (tertiary/aromatic N) is 3. The predicted octanol–water partition coefficient (Wildman–Crippen LogP) is 1.16. The van der Waals surface area contributed by atoms with Gasteiger partial charge in [0.1, 0.15) is 12.7 Å². The number of nitrogens with one attached hydrogen (secondary N) is 1. The van der Waals surface area contributed by atoms with Crippen LogP contribution in [0.25, 0.3) is 0 Å². The largest absolute Gasteiger partial charge is 0.326 e. The van der Waals surface area contributed by atoms with E-state index in [2.05, 4.69) is 15.4 Å². The Hall–Kier alpha value is -2.21. The fourth-order valence-electron chi connectivity index (χ4n) is 1.78. The van der Waals surface area contributed by atoms with Crippen LogP contribution in [0.5, 0.6) is 0 Å². The fraction of sp³-hybridized carbons (Fsp3) is 0.308. The van der Waals surface area contributed by atoms with E-state index in [1.165, 1.54) is 6.33 Å². The highest BCUT2D eigenvalue weighted by Crippen LogP contribution is 2.14. The van der Waals surface area contributed by atoms with Crippen molar-refractivity contribution in [2.45, 2.75) is 25.9 Å². The van der Waals surface area contributed by atoms with Crippen molar-refractivity contribution in [3.8, 4) is 0 Å². The Bertz CT molecular complexity index is 524. The number of hydrogen-bond donors (Lipinski definition) is 2. The number of carbonyl (C=O) groups excluding carboxylic acids is 1. The van der Waals surface area contributed by atoms with Gasteiger partial charge in [-0.05, 0) is 18.1 Å². The van der Waals surface area contributed by atoms with Crippen molar-refractivity contribution in [1.29, 1.82) is 0 Å². The molecule has 1 amide bonds. The normalized spacial score (nSPS) is 10.4. The van der Waals surface area contributed by atoms with Gasteiger partial charge in [-0.2, -0.15) is 5.10 Å². The average molecular weight is 259 g/mol. The molecule has 0 aliphatic rings. The van der Waals surface area contributed by atoms with Crippen molar-refractivity contribution >= 4 is 11.6 Å². The van der Waals surface area contributed by atoms with E-state index in [-0.39, 0.29) is 5.91 Å². The van der Waals surface area contributed by atoms with Crippen LogP contribution in [0.4, 0.5) is 5.69 Å². The second-order valence-corrected chi connectivity index (χ2v) is 4.17. The lowest BCUT2D eigenvalue weighted by Crippen LogP contribution is -2.14. The van der Waals surface area contributed by atoms with Crippen molar-refractivity contribution in [1.82, 2.24) is 14.8 Å². The summed E-state index contributed by atoms with van der Waals surface area (Å²) in [6.45, 7) is 1.10. The van der Waals surface area contributed by atoms with Gasteiger partial charge in [-0.25, -0.2) is 4.98 Å². The van der Waals surface area contributed by atoms with Gasteiger partial charge in [-0.3, -0.25) is 9.48 Å². The molecular weight excluding hydrogens is 242 g/mol. The van der Waals surface area contributed by atoms with Crippen LogP contribution >= 0.6 is 0 Å². The van der Waals surface area contributed by atoms with Crippen LogP contribution in [-0.4, -0.2) is 20.7 Å². The second kappa shape index (κ2) is 6.65. The molecule has 2 rings (SSSR count). The van der Waals surface area contributed by atoms with Crippen LogP contribution in [-0.2, 0) is 17.9 Å². The lowest BCUT2D eigenvalue weighted by molar-refractivity contribution is -0.116. The third-order valence-electron chi connectivity index (χ3n) is 2.77. The minimum atomic E-state index is -0.0129. The van der Waals surface area contributed by atoms with Gasteiger partial charge >= 0.3 is 0 Å². The minimum Gasteiger partial charge on any atom is -0.326 e. The Morgan fingerprint density at radius 1 is 1.37 bits per heavy atom. The molecule has 1 aromatic carbocycles. The third-order valence-corrected chi connectivity index (χ3v) is 2.77. The molecule has 0 unspecified atom stereocenters. The van der Waals surface area contributed by atoms with Crippen LogP contribution in [0, 0.1) is 0 Å². The summed E-state index contributed by atoms with van der Waals surface area (Å²) in [4.78, 5) is 15.7. The van der Waals surface area contributed by atoms with Gasteiger partial charge in [0.25, 0.3) is 0 Å². The molecule has 6 heteroatoms. The van der Waals surface area contributed by atoms with E-state index >= 15 is 0 Å². The van der Waals surface area contributed by atoms with Gasteiger partial charge < -0.3 is 11.1 Å². The first-order chi connectivity index (χ1) is 9.29. The lowest BCUT2D eigenvalue weighted by atomic mass is 10.1. The summed E-state index contributed by atoms with van der Waals surface area (Å²) in [7, 11) is 0. The van der Waals surface area contributed by atoms with Crippen LogP contribution in [0.1, 0.15) is 18.4 Å². The van der Waals surface area contributed by atoms with Crippen LogP contribution in [0.2, 0.25) is 0 Å². The maximum absolute atomic E-state index is 11.8. The maximum atomic E-state index is 11.8. The topological polar surface area (TPSA) is 85.8 Å². The van der Waals surface area contributed by atoms with E-state index in [4.69, 9.17) is 5.73 Å². The lowest BCUT2D eigenvalue weighted by Gasteiger charge is -2.09. The quantitative estimate of drug-likeness (QED) is 0.815. The molecule has 0 saturated carbocycles. The SMILES string of the molecule is NCc1ccccc1NC(=O)CCCn1cncn1. The van der Waals surface area contributed by atoms with Crippen molar-refractivity contribution < 1.29 is 4.79 Å². The molecule has 0 bridgehead atoms. The van der Waals surface area contributed by atoms with Gasteiger partial charge in [0.15, 0.2) is 0 Å². The number of aryl methyl sites for hydroxylation is 1. The first kappa shape index (κ1) is 13.2. The van der Waals surface area contributed by atoms with Gasteiger partial charge in [0.05, 0.1) is 0 Å². The molecule has 6 nitrogen and oxygen atoms in total. The number of hydrogen-bond acceptors (Lipinski definition) is 4. The molecular formula is C13H17N5O. The van der Waals surface area contributed by atoms with Crippen molar-refractivity contribution in [3.05, 3.63) is 42.5 Å². The first-order valence-corrected chi connectivity index (χ1v) is 6.20. The number of para-hydroxylation sites is 1. The average Bonchev–Trinajstić information content (AvgIpc) is 2.92. The number of aromatic nitrogens is 3. The molecule has 100 valence electrons. The van der Waals surface area contributed by atoms with Crippen molar-refractivity contribution in [3.63, 3.8) is 0 Å². The Labute approximate surface area is 111 Å². The third kappa shape index (κ3) is 3.89.